The third kappa shape index (κ3) is 7.90. The van der Waals surface area contributed by atoms with Gasteiger partial charge in [-0.25, -0.2) is 4.99 Å². The molecule has 4 aromatic carbocycles. The maximum absolute atomic E-state index is 14.3. The van der Waals surface area contributed by atoms with Crippen LogP contribution in [-0.4, -0.2) is 62.7 Å². The molecule has 1 heterocycles. The Hall–Kier alpha value is -4.76. The Bertz CT molecular complexity index is 1590. The minimum absolute atomic E-state index is 0.0643. The van der Waals surface area contributed by atoms with Gasteiger partial charge < -0.3 is 29.4 Å². The zero-order valence-corrected chi connectivity index (χ0v) is 26.2. The number of ether oxygens (including phenoxy) is 4. The minimum Gasteiger partial charge on any atom is -0.494 e. The molecule has 238 valence electrons. The molecule has 46 heavy (non-hydrogen) atoms. The highest BCUT2D eigenvalue weighted by atomic mass is 16.7. The first-order chi connectivity index (χ1) is 22.6. The number of carbonyl (C=O) groups is 1. The maximum atomic E-state index is 14.3. The molecule has 8 heteroatoms. The van der Waals surface area contributed by atoms with Crippen LogP contribution in [0.15, 0.2) is 120 Å². The summed E-state index contributed by atoms with van der Waals surface area (Å²) in [5, 5.41) is 12.1. The van der Waals surface area contributed by atoms with Gasteiger partial charge >= 0.3 is 0 Å². The van der Waals surface area contributed by atoms with Crippen LogP contribution in [0.25, 0.3) is 17.2 Å². The zero-order valence-electron chi connectivity index (χ0n) is 26.2. The average molecular weight is 621 g/mol. The fraction of sp³-hybridized carbons (Fsp3) is 0.263. The Morgan fingerprint density at radius 2 is 1.52 bits per heavy atom. The number of nitrogens with zero attached hydrogens (tertiary/aromatic N) is 1. The first-order valence-electron chi connectivity index (χ1n) is 15.4. The van der Waals surface area contributed by atoms with Gasteiger partial charge in [0.25, 0.3) is 5.91 Å². The van der Waals surface area contributed by atoms with Gasteiger partial charge in [0, 0.05) is 39.2 Å². The summed E-state index contributed by atoms with van der Waals surface area (Å²) in [4.78, 5) is 19.4. The third-order valence-corrected chi connectivity index (χ3v) is 7.84. The van der Waals surface area contributed by atoms with Crippen molar-refractivity contribution in [3.63, 3.8) is 0 Å². The van der Waals surface area contributed by atoms with Gasteiger partial charge in [-0.3, -0.25) is 4.79 Å². The Balaban J connectivity index is 1.53. The van der Waals surface area contributed by atoms with Crippen molar-refractivity contribution in [1.82, 2.24) is 5.32 Å². The summed E-state index contributed by atoms with van der Waals surface area (Å²) < 4.78 is 23.0. The SMILES string of the molecule is COC(CNC(=O)[C@]1(C/C=C/c2ccccc2)N=C(c2ccc(OCCCO)cc2)O[C@@H]1c1ccc(-c2ccccc2)cc1)OC. The predicted octanol–water partition coefficient (Wildman–Crippen LogP) is 6.21. The lowest BCUT2D eigenvalue weighted by Gasteiger charge is -2.30. The van der Waals surface area contributed by atoms with Crippen molar-refractivity contribution in [2.24, 2.45) is 4.99 Å². The van der Waals surface area contributed by atoms with Crippen LogP contribution in [0.5, 0.6) is 5.75 Å². The Kier molecular flexibility index (Phi) is 11.3. The van der Waals surface area contributed by atoms with Gasteiger partial charge in [0.1, 0.15) is 5.75 Å². The van der Waals surface area contributed by atoms with E-state index in [0.29, 0.717) is 30.2 Å². The molecule has 0 bridgehead atoms. The fourth-order valence-corrected chi connectivity index (χ4v) is 5.33. The van der Waals surface area contributed by atoms with Crippen LogP contribution >= 0.6 is 0 Å². The van der Waals surface area contributed by atoms with E-state index < -0.39 is 17.9 Å². The molecule has 0 aliphatic carbocycles. The lowest BCUT2D eigenvalue weighted by molar-refractivity contribution is -0.134. The standard InChI is InChI=1S/C38H40N2O6/c1-43-34(44-2)27-39-37(42)38(24-9-13-28-11-5-3-6-12-28)35(31-18-16-30(17-19-31)29-14-7-4-8-15-29)46-36(40-38)32-20-22-33(23-21-32)45-26-10-25-41/h3-9,11-23,34-35,41H,10,24-27H2,1-2H3,(H,39,42)/b13-9+/t35-,38-/m1/s1. The largest absolute Gasteiger partial charge is 0.494 e. The van der Waals surface area contributed by atoms with Gasteiger partial charge in [-0.1, -0.05) is 97.1 Å². The maximum Gasteiger partial charge on any atom is 0.252 e. The second-order valence-electron chi connectivity index (χ2n) is 10.9. The number of nitrogens with one attached hydrogen (secondary N) is 1. The number of benzene rings is 4. The molecular weight excluding hydrogens is 580 g/mol. The van der Waals surface area contributed by atoms with E-state index in [-0.39, 0.29) is 25.5 Å². The van der Waals surface area contributed by atoms with Crippen LogP contribution in [0.3, 0.4) is 0 Å². The average Bonchev–Trinajstić information content (AvgIpc) is 3.50. The van der Waals surface area contributed by atoms with Gasteiger partial charge in [-0.15, -0.1) is 0 Å². The topological polar surface area (TPSA) is 98.6 Å². The van der Waals surface area contributed by atoms with E-state index in [9.17, 15) is 4.79 Å². The van der Waals surface area contributed by atoms with Crippen molar-refractivity contribution in [3.8, 4) is 16.9 Å². The highest BCUT2D eigenvalue weighted by Crippen LogP contribution is 2.43. The van der Waals surface area contributed by atoms with Crippen molar-refractivity contribution in [2.45, 2.75) is 30.8 Å². The second-order valence-corrected chi connectivity index (χ2v) is 10.9. The molecule has 2 atom stereocenters. The van der Waals surface area contributed by atoms with Crippen LogP contribution in [0.1, 0.15) is 35.6 Å². The summed E-state index contributed by atoms with van der Waals surface area (Å²) >= 11 is 0. The molecule has 8 nitrogen and oxygen atoms in total. The number of amides is 1. The van der Waals surface area contributed by atoms with Crippen LogP contribution in [0.4, 0.5) is 0 Å². The first-order valence-corrected chi connectivity index (χ1v) is 15.4. The molecule has 0 spiro atoms. The summed E-state index contributed by atoms with van der Waals surface area (Å²) in [6.45, 7) is 0.616. The number of methoxy groups -OCH3 is 2. The molecular formula is C38H40N2O6. The molecule has 0 saturated heterocycles. The summed E-state index contributed by atoms with van der Waals surface area (Å²) in [5.74, 6) is 0.724. The van der Waals surface area contributed by atoms with E-state index in [1.807, 2.05) is 109 Å². The summed E-state index contributed by atoms with van der Waals surface area (Å²) in [7, 11) is 3.06. The normalized spacial score (nSPS) is 17.6. The summed E-state index contributed by atoms with van der Waals surface area (Å²) in [6.07, 6.45) is 3.44. The molecule has 4 aromatic rings. The van der Waals surface area contributed by atoms with Crippen molar-refractivity contribution in [2.75, 3.05) is 34.0 Å². The number of aliphatic hydroxyl groups excluding tert-OH is 1. The number of aliphatic imine (C=N–C) groups is 1. The first kappa shape index (κ1) is 32.6. The van der Waals surface area contributed by atoms with Crippen molar-refractivity contribution in [1.29, 1.82) is 0 Å². The van der Waals surface area contributed by atoms with Gasteiger partial charge in [0.15, 0.2) is 17.9 Å². The lowest BCUT2D eigenvalue weighted by atomic mass is 9.83. The van der Waals surface area contributed by atoms with E-state index in [4.69, 9.17) is 29.0 Å². The molecule has 1 aliphatic rings. The molecule has 0 unspecified atom stereocenters. The van der Waals surface area contributed by atoms with Crippen molar-refractivity contribution < 1.29 is 28.8 Å². The number of aliphatic hydroxyl groups is 1. The molecule has 2 N–H and O–H groups in total. The van der Waals surface area contributed by atoms with Gasteiger partial charge in [-0.2, -0.15) is 0 Å². The second kappa shape index (κ2) is 16.0. The van der Waals surface area contributed by atoms with Gasteiger partial charge in [0.05, 0.1) is 13.2 Å². The molecule has 0 saturated carbocycles. The van der Waals surface area contributed by atoms with E-state index in [2.05, 4.69) is 17.4 Å². The monoisotopic (exact) mass is 620 g/mol. The van der Waals surface area contributed by atoms with E-state index in [1.165, 1.54) is 14.2 Å². The van der Waals surface area contributed by atoms with Crippen LogP contribution in [-0.2, 0) is 19.0 Å². The van der Waals surface area contributed by atoms with Crippen LogP contribution < -0.4 is 10.1 Å². The van der Waals surface area contributed by atoms with E-state index >= 15 is 0 Å². The molecule has 0 aromatic heterocycles. The molecule has 5 rings (SSSR count). The quantitative estimate of drug-likeness (QED) is 0.121. The lowest BCUT2D eigenvalue weighted by Crippen LogP contribution is -2.50. The Morgan fingerprint density at radius 1 is 0.891 bits per heavy atom. The summed E-state index contributed by atoms with van der Waals surface area (Å²) in [5.41, 5.74) is 3.37. The molecule has 1 amide bonds. The third-order valence-electron chi connectivity index (χ3n) is 7.84. The smallest absolute Gasteiger partial charge is 0.252 e. The number of hydrogen-bond donors (Lipinski definition) is 2. The zero-order chi connectivity index (χ0) is 32.2. The molecule has 0 radical (unpaired) electrons. The highest BCUT2D eigenvalue weighted by molar-refractivity contribution is 6.01. The Labute approximate surface area is 270 Å². The van der Waals surface area contributed by atoms with Crippen LogP contribution in [0.2, 0.25) is 0 Å². The van der Waals surface area contributed by atoms with E-state index in [0.717, 1.165) is 22.3 Å². The van der Waals surface area contributed by atoms with Crippen molar-refractivity contribution >= 4 is 17.9 Å². The number of carbonyl (C=O) groups excluding carboxylic acids is 1. The van der Waals surface area contributed by atoms with Crippen LogP contribution in [0, 0.1) is 0 Å². The highest BCUT2D eigenvalue weighted by Gasteiger charge is 2.52. The molecule has 0 fully saturated rings. The van der Waals surface area contributed by atoms with Gasteiger partial charge in [-0.05, 0) is 46.5 Å². The molecule has 1 aliphatic heterocycles. The fourth-order valence-electron chi connectivity index (χ4n) is 5.33. The van der Waals surface area contributed by atoms with E-state index in [1.54, 1.807) is 0 Å². The predicted molar refractivity (Wildman–Crippen MR) is 180 cm³/mol. The number of hydrogen-bond acceptors (Lipinski definition) is 7. The van der Waals surface area contributed by atoms with Gasteiger partial charge in [0.2, 0.25) is 5.90 Å². The minimum atomic E-state index is -1.34. The number of rotatable bonds is 15. The summed E-state index contributed by atoms with van der Waals surface area (Å²) in [6, 6.07) is 35.5. The Morgan fingerprint density at radius 3 is 2.17 bits per heavy atom. The van der Waals surface area contributed by atoms with Crippen molar-refractivity contribution in [3.05, 3.63) is 132 Å².